The number of hydrogen-bond donors (Lipinski definition) is 1. The molecule has 0 saturated carbocycles. The second kappa shape index (κ2) is 7.14. The standard InChI is InChI=1S/C8H9ClO.C2H6/c9-8-3-1-2-7(6-8)4-5-10;1-2/h1-3,6,10H,4-5H2;1-2H3. The molecule has 0 atom stereocenters. The fraction of sp³-hybridized carbons (Fsp3) is 0.400. The summed E-state index contributed by atoms with van der Waals surface area (Å²) in [5.74, 6) is 0. The van der Waals surface area contributed by atoms with Crippen molar-refractivity contribution < 1.29 is 5.11 Å². The van der Waals surface area contributed by atoms with Crippen LogP contribution in [0.5, 0.6) is 0 Å². The molecule has 1 aromatic rings. The monoisotopic (exact) mass is 186 g/mol. The van der Waals surface area contributed by atoms with Gasteiger partial charge in [0.15, 0.2) is 0 Å². The molecule has 1 aromatic carbocycles. The molecule has 0 aromatic heterocycles. The minimum atomic E-state index is 0.181. The highest BCUT2D eigenvalue weighted by atomic mass is 35.5. The molecule has 2 heteroatoms. The van der Waals surface area contributed by atoms with Gasteiger partial charge in [-0.25, -0.2) is 0 Å². The van der Waals surface area contributed by atoms with Gasteiger partial charge in [0.1, 0.15) is 0 Å². The summed E-state index contributed by atoms with van der Waals surface area (Å²) in [5.41, 5.74) is 1.08. The van der Waals surface area contributed by atoms with Crippen LogP contribution in [0.25, 0.3) is 0 Å². The first kappa shape index (κ1) is 11.5. The van der Waals surface area contributed by atoms with Crippen molar-refractivity contribution in [3.05, 3.63) is 34.9 Å². The summed E-state index contributed by atoms with van der Waals surface area (Å²) in [7, 11) is 0. The zero-order valence-corrected chi connectivity index (χ0v) is 8.30. The van der Waals surface area contributed by atoms with E-state index in [9.17, 15) is 0 Å². The summed E-state index contributed by atoms with van der Waals surface area (Å²) in [6.45, 7) is 4.18. The Balaban J connectivity index is 0.000000561. The van der Waals surface area contributed by atoms with Crippen LogP contribution in [0.3, 0.4) is 0 Å². The third kappa shape index (κ3) is 4.37. The molecule has 1 N–H and O–H groups in total. The summed E-state index contributed by atoms with van der Waals surface area (Å²) >= 11 is 5.70. The van der Waals surface area contributed by atoms with Crippen LogP contribution >= 0.6 is 11.6 Å². The molecule has 0 radical (unpaired) electrons. The van der Waals surface area contributed by atoms with Crippen molar-refractivity contribution in [3.63, 3.8) is 0 Å². The Morgan fingerprint density at radius 2 is 2.00 bits per heavy atom. The molecule has 0 spiro atoms. The molecule has 0 unspecified atom stereocenters. The van der Waals surface area contributed by atoms with Gasteiger partial charge in [-0.1, -0.05) is 37.6 Å². The van der Waals surface area contributed by atoms with Gasteiger partial charge < -0.3 is 5.11 Å². The van der Waals surface area contributed by atoms with Gasteiger partial charge in [-0.05, 0) is 24.1 Å². The van der Waals surface area contributed by atoms with Crippen LogP contribution in [0.15, 0.2) is 24.3 Å². The lowest BCUT2D eigenvalue weighted by Gasteiger charge is -1.96. The van der Waals surface area contributed by atoms with Gasteiger partial charge in [0.05, 0.1) is 0 Å². The van der Waals surface area contributed by atoms with Crippen LogP contribution < -0.4 is 0 Å². The summed E-state index contributed by atoms with van der Waals surface area (Å²) in [4.78, 5) is 0. The third-order valence-electron chi connectivity index (χ3n) is 1.29. The maximum atomic E-state index is 8.57. The van der Waals surface area contributed by atoms with Crippen LogP contribution in [0, 0.1) is 0 Å². The van der Waals surface area contributed by atoms with Gasteiger partial charge in [0.2, 0.25) is 0 Å². The second-order valence-corrected chi connectivity index (χ2v) is 2.54. The summed E-state index contributed by atoms with van der Waals surface area (Å²) < 4.78 is 0. The Kier molecular flexibility index (Phi) is 6.82. The lowest BCUT2D eigenvalue weighted by atomic mass is 10.2. The van der Waals surface area contributed by atoms with Crippen LogP contribution in [0.1, 0.15) is 19.4 Å². The van der Waals surface area contributed by atoms with Gasteiger partial charge in [-0.3, -0.25) is 0 Å². The molecule has 68 valence electrons. The van der Waals surface area contributed by atoms with E-state index in [0.717, 1.165) is 10.6 Å². The zero-order valence-electron chi connectivity index (χ0n) is 7.55. The van der Waals surface area contributed by atoms with E-state index in [-0.39, 0.29) is 6.61 Å². The molecular formula is C10H15ClO. The Morgan fingerprint density at radius 1 is 1.33 bits per heavy atom. The Hall–Kier alpha value is -0.530. The Labute approximate surface area is 79.0 Å². The number of hydrogen-bond acceptors (Lipinski definition) is 1. The maximum Gasteiger partial charge on any atom is 0.0471 e. The van der Waals surface area contributed by atoms with E-state index >= 15 is 0 Å². The fourth-order valence-electron chi connectivity index (χ4n) is 0.822. The predicted octanol–water partition coefficient (Wildman–Crippen LogP) is 2.90. The normalized spacial score (nSPS) is 8.67. The highest BCUT2D eigenvalue weighted by Gasteiger charge is 1.90. The molecule has 0 amide bonds. The van der Waals surface area contributed by atoms with Crippen molar-refractivity contribution in [3.8, 4) is 0 Å². The smallest absolute Gasteiger partial charge is 0.0471 e. The summed E-state index contributed by atoms with van der Waals surface area (Å²) in [6.07, 6.45) is 0.681. The highest BCUT2D eigenvalue weighted by molar-refractivity contribution is 6.30. The predicted molar refractivity (Wildman–Crippen MR) is 53.6 cm³/mol. The van der Waals surface area contributed by atoms with Gasteiger partial charge in [0.25, 0.3) is 0 Å². The number of aliphatic hydroxyl groups excluding tert-OH is 1. The van der Waals surface area contributed by atoms with E-state index < -0.39 is 0 Å². The van der Waals surface area contributed by atoms with E-state index in [1.54, 1.807) is 0 Å². The van der Waals surface area contributed by atoms with E-state index in [1.807, 2.05) is 38.1 Å². The Bertz CT molecular complexity index is 211. The number of rotatable bonds is 2. The van der Waals surface area contributed by atoms with Crippen molar-refractivity contribution in [1.82, 2.24) is 0 Å². The minimum Gasteiger partial charge on any atom is -0.396 e. The summed E-state index contributed by atoms with van der Waals surface area (Å²) in [5, 5.41) is 9.30. The van der Waals surface area contributed by atoms with Crippen molar-refractivity contribution in [2.45, 2.75) is 20.3 Å². The molecule has 1 rings (SSSR count). The molecule has 0 aliphatic rings. The third-order valence-corrected chi connectivity index (χ3v) is 1.52. The molecule has 0 saturated heterocycles. The van der Waals surface area contributed by atoms with Crippen LogP contribution in [0.4, 0.5) is 0 Å². The topological polar surface area (TPSA) is 20.2 Å². The minimum absolute atomic E-state index is 0.181. The maximum absolute atomic E-state index is 8.57. The first-order valence-electron chi connectivity index (χ1n) is 4.18. The van der Waals surface area contributed by atoms with Crippen molar-refractivity contribution in [2.75, 3.05) is 6.61 Å². The molecule has 0 aliphatic carbocycles. The summed E-state index contributed by atoms with van der Waals surface area (Å²) in [6, 6.07) is 7.51. The first-order valence-corrected chi connectivity index (χ1v) is 4.56. The van der Waals surface area contributed by atoms with Gasteiger partial charge in [-0.2, -0.15) is 0 Å². The van der Waals surface area contributed by atoms with Gasteiger partial charge in [-0.15, -0.1) is 0 Å². The highest BCUT2D eigenvalue weighted by Crippen LogP contribution is 2.10. The van der Waals surface area contributed by atoms with E-state index in [4.69, 9.17) is 16.7 Å². The van der Waals surface area contributed by atoms with Gasteiger partial charge in [0, 0.05) is 11.6 Å². The van der Waals surface area contributed by atoms with E-state index in [0.29, 0.717) is 6.42 Å². The molecule has 0 fully saturated rings. The van der Waals surface area contributed by atoms with Crippen molar-refractivity contribution >= 4 is 11.6 Å². The van der Waals surface area contributed by atoms with Crippen molar-refractivity contribution in [2.24, 2.45) is 0 Å². The molecule has 0 bridgehead atoms. The van der Waals surface area contributed by atoms with E-state index in [2.05, 4.69) is 0 Å². The fourth-order valence-corrected chi connectivity index (χ4v) is 1.03. The van der Waals surface area contributed by atoms with Crippen LogP contribution in [-0.2, 0) is 6.42 Å². The van der Waals surface area contributed by atoms with Crippen molar-refractivity contribution in [1.29, 1.82) is 0 Å². The zero-order chi connectivity index (χ0) is 9.40. The molecular weight excluding hydrogens is 172 g/mol. The molecule has 0 aliphatic heterocycles. The lowest BCUT2D eigenvalue weighted by molar-refractivity contribution is 0.299. The van der Waals surface area contributed by atoms with Crippen LogP contribution in [0.2, 0.25) is 5.02 Å². The first-order chi connectivity index (χ1) is 5.83. The lowest BCUT2D eigenvalue weighted by Crippen LogP contribution is -1.88. The molecule has 1 nitrogen and oxygen atoms in total. The average Bonchev–Trinajstić information content (AvgIpc) is 2.09. The number of benzene rings is 1. The van der Waals surface area contributed by atoms with Gasteiger partial charge >= 0.3 is 0 Å². The number of aliphatic hydroxyl groups is 1. The molecule has 12 heavy (non-hydrogen) atoms. The SMILES string of the molecule is CC.OCCc1cccc(Cl)c1. The number of halogens is 1. The quantitative estimate of drug-likeness (QED) is 0.753. The Morgan fingerprint density at radius 3 is 2.50 bits per heavy atom. The largest absolute Gasteiger partial charge is 0.396 e. The molecule has 0 heterocycles. The average molecular weight is 187 g/mol. The van der Waals surface area contributed by atoms with E-state index in [1.165, 1.54) is 0 Å². The van der Waals surface area contributed by atoms with Crippen LogP contribution in [-0.4, -0.2) is 11.7 Å². The second-order valence-electron chi connectivity index (χ2n) is 2.10.